The van der Waals surface area contributed by atoms with Crippen molar-refractivity contribution in [1.82, 2.24) is 14.7 Å². The van der Waals surface area contributed by atoms with Crippen molar-refractivity contribution in [3.05, 3.63) is 76.2 Å². The van der Waals surface area contributed by atoms with Crippen LogP contribution in [0.4, 0.5) is 0 Å². The van der Waals surface area contributed by atoms with Crippen LogP contribution in [0.2, 0.25) is 0 Å². The molecule has 0 atom stereocenters. The molecule has 0 N–H and O–H groups in total. The Balaban J connectivity index is 1.74. The Kier molecular flexibility index (Phi) is 8.75. The maximum Gasteiger partial charge on any atom is 0.359 e. The number of aromatic nitrogens is 2. The van der Waals surface area contributed by atoms with Gasteiger partial charge >= 0.3 is 5.97 Å². The summed E-state index contributed by atoms with van der Waals surface area (Å²) in [5.41, 5.74) is 0.830. The molecule has 0 aliphatic heterocycles. The van der Waals surface area contributed by atoms with Gasteiger partial charge in [-0.3, -0.25) is 9.59 Å². The summed E-state index contributed by atoms with van der Waals surface area (Å²) in [5, 5.41) is 5.16. The number of benzene rings is 2. The number of unbranched alkanes of at least 4 members (excludes halogenated alkanes) is 3. The summed E-state index contributed by atoms with van der Waals surface area (Å²) in [6.45, 7) is 4.99. The maximum atomic E-state index is 12.9. The third-order valence-corrected chi connectivity index (χ3v) is 5.56. The number of ether oxygens (including phenoxy) is 1. The van der Waals surface area contributed by atoms with E-state index in [-0.39, 0.29) is 23.8 Å². The fourth-order valence-corrected chi connectivity index (χ4v) is 3.69. The van der Waals surface area contributed by atoms with Crippen molar-refractivity contribution in [1.29, 1.82) is 0 Å². The first-order valence-electron chi connectivity index (χ1n) is 11.5. The Morgan fingerprint density at radius 3 is 2.33 bits per heavy atom. The second-order valence-electron chi connectivity index (χ2n) is 7.95. The fourth-order valence-electron chi connectivity index (χ4n) is 3.69. The summed E-state index contributed by atoms with van der Waals surface area (Å²) in [6.07, 6.45) is 3.96. The molecule has 0 fully saturated rings. The summed E-state index contributed by atoms with van der Waals surface area (Å²) >= 11 is 0. The number of nitrogens with zero attached hydrogens (tertiary/aromatic N) is 3. The quantitative estimate of drug-likeness (QED) is 0.324. The van der Waals surface area contributed by atoms with Crippen LogP contribution in [0.5, 0.6) is 0 Å². The normalized spacial score (nSPS) is 10.8. The highest BCUT2D eigenvalue weighted by Gasteiger charge is 2.20. The molecular formula is C26H31N3O4. The van der Waals surface area contributed by atoms with Gasteiger partial charge in [0.15, 0.2) is 12.3 Å². The minimum absolute atomic E-state index is 0.0552. The summed E-state index contributed by atoms with van der Waals surface area (Å²) in [4.78, 5) is 40.0. The Morgan fingerprint density at radius 2 is 1.64 bits per heavy atom. The zero-order valence-electron chi connectivity index (χ0n) is 19.3. The molecule has 0 saturated heterocycles. The maximum absolute atomic E-state index is 12.9. The van der Waals surface area contributed by atoms with Crippen LogP contribution in [0.15, 0.2) is 59.4 Å². The SMILES string of the molecule is CCCCCCn1nc(C(=O)OCC(=O)N(CC)Cc2ccccc2)c2ccccc2c1=O. The lowest BCUT2D eigenvalue weighted by Gasteiger charge is -2.21. The fraction of sp³-hybridized carbons (Fsp3) is 0.385. The van der Waals surface area contributed by atoms with Gasteiger partial charge in [0.1, 0.15) is 0 Å². The van der Waals surface area contributed by atoms with E-state index < -0.39 is 5.97 Å². The third kappa shape index (κ3) is 6.28. The Labute approximate surface area is 194 Å². The van der Waals surface area contributed by atoms with Crippen LogP contribution < -0.4 is 5.56 Å². The van der Waals surface area contributed by atoms with Crippen LogP contribution in [0.1, 0.15) is 55.6 Å². The highest BCUT2D eigenvalue weighted by Crippen LogP contribution is 2.15. The highest BCUT2D eigenvalue weighted by molar-refractivity contribution is 6.02. The molecule has 7 heteroatoms. The standard InChI is InChI=1S/C26H31N3O4/c1-3-5-6-12-17-29-25(31)22-16-11-10-15-21(22)24(27-29)26(32)33-19-23(30)28(4-2)18-20-13-8-7-9-14-20/h7-11,13-16H,3-6,12,17-19H2,1-2H3. The topological polar surface area (TPSA) is 81.5 Å². The van der Waals surface area contributed by atoms with Gasteiger partial charge in [-0.1, -0.05) is 74.7 Å². The summed E-state index contributed by atoms with van der Waals surface area (Å²) in [7, 11) is 0. The number of carbonyl (C=O) groups excluding carboxylic acids is 2. The number of aryl methyl sites for hydroxylation is 1. The van der Waals surface area contributed by atoms with Crippen molar-refractivity contribution in [2.45, 2.75) is 52.6 Å². The van der Waals surface area contributed by atoms with E-state index in [4.69, 9.17) is 4.74 Å². The van der Waals surface area contributed by atoms with E-state index in [0.717, 1.165) is 31.2 Å². The van der Waals surface area contributed by atoms with Gasteiger partial charge in [-0.15, -0.1) is 0 Å². The molecule has 1 heterocycles. The molecule has 0 saturated carbocycles. The zero-order chi connectivity index (χ0) is 23.6. The number of hydrogen-bond acceptors (Lipinski definition) is 5. The van der Waals surface area contributed by atoms with Gasteiger partial charge in [0.05, 0.1) is 5.39 Å². The number of carbonyl (C=O) groups is 2. The average Bonchev–Trinajstić information content (AvgIpc) is 2.85. The molecule has 0 aliphatic rings. The molecule has 3 aromatic rings. The van der Waals surface area contributed by atoms with Crippen LogP contribution in [0, 0.1) is 0 Å². The smallest absolute Gasteiger partial charge is 0.359 e. The predicted molar refractivity (Wildman–Crippen MR) is 128 cm³/mol. The Bertz CT molecular complexity index is 1140. The van der Waals surface area contributed by atoms with Crippen LogP contribution in [-0.2, 0) is 22.6 Å². The summed E-state index contributed by atoms with van der Waals surface area (Å²) in [5.74, 6) is -0.996. The zero-order valence-corrected chi connectivity index (χ0v) is 19.3. The van der Waals surface area contributed by atoms with Crippen LogP contribution in [0.3, 0.4) is 0 Å². The monoisotopic (exact) mass is 449 g/mol. The van der Waals surface area contributed by atoms with Gasteiger partial charge in [0, 0.05) is 25.0 Å². The van der Waals surface area contributed by atoms with Gasteiger partial charge < -0.3 is 9.64 Å². The number of fused-ring (bicyclic) bond motifs is 1. The first-order chi connectivity index (χ1) is 16.0. The van der Waals surface area contributed by atoms with Gasteiger partial charge in [-0.25, -0.2) is 9.48 Å². The minimum atomic E-state index is -0.711. The van der Waals surface area contributed by atoms with Gasteiger partial charge in [-0.2, -0.15) is 5.10 Å². The molecule has 0 aliphatic carbocycles. The molecule has 0 radical (unpaired) electrons. The number of likely N-dealkylation sites (N-methyl/N-ethyl adjacent to an activating group) is 1. The van der Waals surface area contributed by atoms with E-state index in [0.29, 0.717) is 30.4 Å². The average molecular weight is 450 g/mol. The van der Waals surface area contributed by atoms with Crippen molar-refractivity contribution >= 4 is 22.6 Å². The Hall–Kier alpha value is -3.48. The Morgan fingerprint density at radius 1 is 0.939 bits per heavy atom. The number of hydrogen-bond donors (Lipinski definition) is 0. The molecule has 0 unspecified atom stereocenters. The van der Waals surface area contributed by atoms with E-state index in [9.17, 15) is 14.4 Å². The lowest BCUT2D eigenvalue weighted by molar-refractivity contribution is -0.134. The molecule has 0 bridgehead atoms. The third-order valence-electron chi connectivity index (χ3n) is 5.56. The van der Waals surface area contributed by atoms with Crippen LogP contribution >= 0.6 is 0 Å². The van der Waals surface area contributed by atoms with Crippen molar-refractivity contribution in [2.24, 2.45) is 0 Å². The van der Waals surface area contributed by atoms with E-state index in [1.165, 1.54) is 4.68 Å². The molecule has 3 rings (SSSR count). The number of esters is 1. The molecule has 7 nitrogen and oxygen atoms in total. The van der Waals surface area contributed by atoms with Gasteiger partial charge in [-0.05, 0) is 25.0 Å². The molecular weight excluding hydrogens is 418 g/mol. The highest BCUT2D eigenvalue weighted by atomic mass is 16.5. The van der Waals surface area contributed by atoms with Crippen molar-refractivity contribution in [2.75, 3.05) is 13.2 Å². The van der Waals surface area contributed by atoms with Crippen molar-refractivity contribution in [3.63, 3.8) is 0 Å². The van der Waals surface area contributed by atoms with E-state index >= 15 is 0 Å². The largest absolute Gasteiger partial charge is 0.451 e. The molecule has 2 aromatic carbocycles. The van der Waals surface area contributed by atoms with E-state index in [1.807, 2.05) is 37.3 Å². The van der Waals surface area contributed by atoms with E-state index in [2.05, 4.69) is 12.0 Å². The predicted octanol–water partition coefficient (Wildman–Crippen LogP) is 4.18. The van der Waals surface area contributed by atoms with Gasteiger partial charge in [0.25, 0.3) is 11.5 Å². The molecule has 174 valence electrons. The minimum Gasteiger partial charge on any atom is -0.451 e. The first kappa shape index (κ1) is 24.2. The number of rotatable bonds is 11. The second-order valence-corrected chi connectivity index (χ2v) is 7.95. The lowest BCUT2D eigenvalue weighted by Crippen LogP contribution is -2.34. The van der Waals surface area contributed by atoms with E-state index in [1.54, 1.807) is 29.2 Å². The van der Waals surface area contributed by atoms with Gasteiger partial charge in [0.2, 0.25) is 0 Å². The van der Waals surface area contributed by atoms with Crippen LogP contribution in [-0.4, -0.2) is 39.7 Å². The molecule has 0 spiro atoms. The summed E-state index contributed by atoms with van der Waals surface area (Å²) < 4.78 is 6.69. The molecule has 1 amide bonds. The summed E-state index contributed by atoms with van der Waals surface area (Å²) in [6, 6.07) is 16.5. The molecule has 33 heavy (non-hydrogen) atoms. The van der Waals surface area contributed by atoms with Crippen molar-refractivity contribution < 1.29 is 14.3 Å². The lowest BCUT2D eigenvalue weighted by atomic mass is 10.1. The van der Waals surface area contributed by atoms with Crippen LogP contribution in [0.25, 0.3) is 10.8 Å². The number of amides is 1. The first-order valence-corrected chi connectivity index (χ1v) is 11.5. The molecule has 1 aromatic heterocycles. The second kappa shape index (κ2) is 11.9. The van der Waals surface area contributed by atoms with Crippen molar-refractivity contribution in [3.8, 4) is 0 Å².